The quantitative estimate of drug-likeness (QED) is 0.682. The fraction of sp³-hybridized carbons (Fsp3) is 0.600. The van der Waals surface area contributed by atoms with Crippen LogP contribution < -0.4 is 0 Å². The van der Waals surface area contributed by atoms with E-state index in [4.69, 9.17) is 30.2 Å². The Hall–Kier alpha value is -0.780. The van der Waals surface area contributed by atoms with E-state index < -0.39 is 36.6 Å². The lowest BCUT2D eigenvalue weighted by Gasteiger charge is -2.32. The highest BCUT2D eigenvalue weighted by Crippen LogP contribution is 2.42. The zero-order valence-electron chi connectivity index (χ0n) is 17.6. The van der Waals surface area contributed by atoms with Gasteiger partial charge in [0.15, 0.2) is 0 Å². The van der Waals surface area contributed by atoms with Crippen molar-refractivity contribution in [2.75, 3.05) is 0 Å². The third-order valence-electron chi connectivity index (χ3n) is 6.27. The van der Waals surface area contributed by atoms with Crippen LogP contribution >= 0.6 is 11.6 Å². The topological polar surface area (TPSA) is 36.9 Å². The molecular weight excluding hydrogens is 361 g/mol. The molecule has 0 amide bonds. The number of hydrogen-bond acceptors (Lipinski definition) is 4. The summed E-state index contributed by atoms with van der Waals surface area (Å²) < 4.78 is 24.9. The van der Waals surface area contributed by atoms with Gasteiger partial charge in [-0.25, -0.2) is 0 Å². The highest BCUT2D eigenvalue weighted by Gasteiger charge is 2.54. The summed E-state index contributed by atoms with van der Waals surface area (Å²) in [4.78, 5) is 0. The third kappa shape index (κ3) is 3.88. The summed E-state index contributed by atoms with van der Waals surface area (Å²) in [7, 11) is -1.00. The van der Waals surface area contributed by atoms with Gasteiger partial charge in [0.25, 0.3) is 0 Å². The lowest BCUT2D eigenvalue weighted by atomic mass is 9.68. The Kier molecular flexibility index (Phi) is 5.15. The van der Waals surface area contributed by atoms with Gasteiger partial charge in [-0.1, -0.05) is 29.7 Å². The normalized spacial score (nSPS) is 25.9. The summed E-state index contributed by atoms with van der Waals surface area (Å²) in [5.74, 6) is 1.96. The van der Waals surface area contributed by atoms with E-state index in [9.17, 15) is 0 Å². The van der Waals surface area contributed by atoms with Gasteiger partial charge < -0.3 is 18.6 Å². The second-order valence-electron chi connectivity index (χ2n) is 9.34. The molecule has 0 bridgehead atoms. The van der Waals surface area contributed by atoms with Crippen LogP contribution in [-0.2, 0) is 18.6 Å². The minimum Gasteiger partial charge on any atom is -0.400 e. The number of benzene rings is 1. The van der Waals surface area contributed by atoms with Gasteiger partial charge >= 0.3 is 14.2 Å². The molecule has 2 heterocycles. The Bertz CT molecular complexity index is 709. The fourth-order valence-electron chi connectivity index (χ4n) is 3.03. The molecule has 27 heavy (non-hydrogen) atoms. The maximum Gasteiger partial charge on any atom is 0.494 e. The van der Waals surface area contributed by atoms with Gasteiger partial charge in [0.05, 0.1) is 22.4 Å². The lowest BCUT2D eigenvalue weighted by molar-refractivity contribution is 0.00578. The first kappa shape index (κ1) is 20.9. The molecule has 0 radical (unpaired) electrons. The molecule has 0 atom stereocenters. The molecule has 0 spiro atoms. The van der Waals surface area contributed by atoms with E-state index in [1.807, 2.05) is 85.6 Å². The molecule has 2 fully saturated rings. The van der Waals surface area contributed by atoms with Gasteiger partial charge in [0, 0.05) is 5.02 Å². The second-order valence-corrected chi connectivity index (χ2v) is 9.78. The molecule has 0 N–H and O–H groups in total. The maximum absolute atomic E-state index is 6.29. The van der Waals surface area contributed by atoms with E-state index in [0.29, 0.717) is 5.02 Å². The molecule has 0 unspecified atom stereocenters. The SMILES string of the molecule is CC1(C)OB(/C=C(\B2OC(C)(C)C(C)(C)O2)c2ccc(Cl)cc2)OC1(C)C. The zero-order valence-corrected chi connectivity index (χ0v) is 18.3. The molecule has 146 valence electrons. The predicted molar refractivity (Wildman–Crippen MR) is 112 cm³/mol. The lowest BCUT2D eigenvalue weighted by Crippen LogP contribution is -2.41. The Morgan fingerprint density at radius 3 is 1.59 bits per heavy atom. The van der Waals surface area contributed by atoms with Crippen LogP contribution in [0, 0.1) is 0 Å². The van der Waals surface area contributed by atoms with Crippen LogP contribution in [0.4, 0.5) is 0 Å². The van der Waals surface area contributed by atoms with Gasteiger partial charge in [0.2, 0.25) is 0 Å². The molecule has 4 nitrogen and oxygen atoms in total. The van der Waals surface area contributed by atoms with E-state index in [1.54, 1.807) is 0 Å². The summed E-state index contributed by atoms with van der Waals surface area (Å²) in [6.07, 6.45) is 0. The van der Waals surface area contributed by atoms with Crippen molar-refractivity contribution in [2.45, 2.75) is 77.8 Å². The van der Waals surface area contributed by atoms with Gasteiger partial charge in [-0.3, -0.25) is 0 Å². The molecular formula is C20H29B2ClO4. The van der Waals surface area contributed by atoms with E-state index in [1.165, 1.54) is 0 Å². The predicted octanol–water partition coefficient (Wildman–Crippen LogP) is 4.99. The molecule has 0 aromatic heterocycles. The van der Waals surface area contributed by atoms with Gasteiger partial charge in [-0.05, 0) is 78.6 Å². The Morgan fingerprint density at radius 2 is 1.15 bits per heavy atom. The van der Waals surface area contributed by atoms with Crippen molar-refractivity contribution in [1.29, 1.82) is 0 Å². The number of halogens is 1. The maximum atomic E-state index is 6.29. The van der Waals surface area contributed by atoms with Crippen molar-refractivity contribution in [2.24, 2.45) is 0 Å². The molecule has 2 saturated heterocycles. The first-order chi connectivity index (χ1) is 12.2. The van der Waals surface area contributed by atoms with Crippen LogP contribution in [0.2, 0.25) is 5.02 Å². The van der Waals surface area contributed by atoms with E-state index >= 15 is 0 Å². The summed E-state index contributed by atoms with van der Waals surface area (Å²) in [6.45, 7) is 16.3. The molecule has 0 saturated carbocycles. The summed E-state index contributed by atoms with van der Waals surface area (Å²) in [6, 6.07) is 7.65. The standard InChI is InChI=1S/C20H29B2ClO4/c1-17(2)18(3,4)25-21(24-17)13-16(14-9-11-15(23)12-10-14)22-26-19(5,6)20(7,8)27-22/h9-13H,1-8H3/b16-13-. The smallest absolute Gasteiger partial charge is 0.400 e. The Balaban J connectivity index is 1.98. The van der Waals surface area contributed by atoms with Gasteiger partial charge in [-0.2, -0.15) is 0 Å². The average Bonchev–Trinajstić information content (AvgIpc) is 2.85. The molecule has 2 aliphatic rings. The molecule has 7 heteroatoms. The fourth-order valence-corrected chi connectivity index (χ4v) is 3.15. The second kappa shape index (κ2) is 6.63. The number of hydrogen-bond donors (Lipinski definition) is 0. The zero-order chi connectivity index (χ0) is 20.3. The first-order valence-electron chi connectivity index (χ1n) is 9.43. The Morgan fingerprint density at radius 1 is 0.741 bits per heavy atom. The minimum absolute atomic E-state index is 0.408. The molecule has 3 rings (SSSR count). The molecule has 0 aliphatic carbocycles. The van der Waals surface area contributed by atoms with E-state index in [0.717, 1.165) is 11.0 Å². The van der Waals surface area contributed by atoms with Crippen LogP contribution in [0.5, 0.6) is 0 Å². The monoisotopic (exact) mass is 390 g/mol. The van der Waals surface area contributed by atoms with Crippen LogP contribution in [0.1, 0.15) is 61.0 Å². The van der Waals surface area contributed by atoms with Crippen molar-refractivity contribution < 1.29 is 18.6 Å². The Labute approximate surface area is 168 Å². The van der Waals surface area contributed by atoms with Crippen LogP contribution in [-0.4, -0.2) is 36.6 Å². The highest BCUT2D eigenvalue weighted by atomic mass is 35.5. The van der Waals surface area contributed by atoms with Gasteiger partial charge in [-0.15, -0.1) is 0 Å². The van der Waals surface area contributed by atoms with Crippen LogP contribution in [0.3, 0.4) is 0 Å². The minimum atomic E-state index is -0.518. The summed E-state index contributed by atoms with van der Waals surface area (Å²) >= 11 is 6.08. The van der Waals surface area contributed by atoms with Crippen molar-refractivity contribution in [3.8, 4) is 0 Å². The van der Waals surface area contributed by atoms with Crippen molar-refractivity contribution >= 4 is 31.3 Å². The first-order valence-corrected chi connectivity index (χ1v) is 9.81. The molecule has 1 aromatic carbocycles. The molecule has 2 aliphatic heterocycles. The van der Waals surface area contributed by atoms with E-state index in [2.05, 4.69) is 0 Å². The largest absolute Gasteiger partial charge is 0.494 e. The summed E-state index contributed by atoms with van der Waals surface area (Å²) in [5.41, 5.74) is 0.166. The van der Waals surface area contributed by atoms with Crippen molar-refractivity contribution in [3.63, 3.8) is 0 Å². The van der Waals surface area contributed by atoms with Crippen LogP contribution in [0.25, 0.3) is 5.47 Å². The van der Waals surface area contributed by atoms with E-state index in [-0.39, 0.29) is 0 Å². The van der Waals surface area contributed by atoms with Gasteiger partial charge in [0.1, 0.15) is 0 Å². The highest BCUT2D eigenvalue weighted by molar-refractivity contribution is 6.72. The molecule has 1 aromatic rings. The van der Waals surface area contributed by atoms with Crippen molar-refractivity contribution in [3.05, 3.63) is 40.8 Å². The third-order valence-corrected chi connectivity index (χ3v) is 6.52. The van der Waals surface area contributed by atoms with Crippen molar-refractivity contribution in [1.82, 2.24) is 0 Å². The summed E-state index contributed by atoms with van der Waals surface area (Å²) in [5, 5.41) is 0.683. The number of rotatable bonds is 3. The van der Waals surface area contributed by atoms with Crippen LogP contribution in [0.15, 0.2) is 30.2 Å². The average molecular weight is 391 g/mol.